The molecule has 3 aromatic carbocycles. The monoisotopic (exact) mass is 582 g/mol. The van der Waals surface area contributed by atoms with Gasteiger partial charge in [-0.15, -0.1) is 0 Å². The van der Waals surface area contributed by atoms with E-state index in [1.165, 1.54) is 0 Å². The highest BCUT2D eigenvalue weighted by molar-refractivity contribution is 7.87. The Hall–Kier alpha value is -2.84. The first-order valence-electron chi connectivity index (χ1n) is 12.4. The van der Waals surface area contributed by atoms with Crippen molar-refractivity contribution in [3.05, 3.63) is 108 Å². The van der Waals surface area contributed by atoms with Gasteiger partial charge in [0.15, 0.2) is 6.29 Å². The minimum absolute atomic E-state index is 0.0546. The summed E-state index contributed by atoms with van der Waals surface area (Å²) in [5, 5.41) is 10.9. The molecule has 0 aromatic heterocycles. The van der Waals surface area contributed by atoms with Crippen molar-refractivity contribution in [2.24, 2.45) is 0 Å². The first-order chi connectivity index (χ1) is 19.1. The van der Waals surface area contributed by atoms with Crippen LogP contribution in [0.15, 0.2) is 91.0 Å². The van der Waals surface area contributed by atoms with Crippen LogP contribution in [0.2, 0.25) is 0 Å². The Kier molecular flexibility index (Phi) is 10.3. The molecule has 1 fully saturated rings. The third-order valence-electron chi connectivity index (χ3n) is 6.09. The van der Waals surface area contributed by atoms with E-state index in [2.05, 4.69) is 0 Å². The van der Waals surface area contributed by atoms with Crippen molar-refractivity contribution in [3.63, 3.8) is 0 Å². The Morgan fingerprint density at radius 3 is 1.62 bits per heavy atom. The minimum Gasteiger partial charge on any atom is -0.374 e. The maximum absolute atomic E-state index is 13.4. The third-order valence-corrected chi connectivity index (χ3v) is 7.14. The normalized spacial score (nSPS) is 23.6. The van der Waals surface area contributed by atoms with Crippen LogP contribution in [0.4, 0.5) is 13.2 Å². The maximum Gasteiger partial charge on any atom is 0.523 e. The minimum atomic E-state index is -6.08. The molecule has 40 heavy (non-hydrogen) atoms. The van der Waals surface area contributed by atoms with Crippen molar-refractivity contribution in [3.8, 4) is 0 Å². The first-order valence-corrected chi connectivity index (χ1v) is 13.8. The van der Waals surface area contributed by atoms with Crippen molar-refractivity contribution in [1.82, 2.24) is 0 Å². The summed E-state index contributed by atoms with van der Waals surface area (Å²) in [4.78, 5) is 0. The van der Waals surface area contributed by atoms with Crippen LogP contribution < -0.4 is 0 Å². The lowest BCUT2D eigenvalue weighted by molar-refractivity contribution is -0.305. The number of halogens is 3. The summed E-state index contributed by atoms with van der Waals surface area (Å²) in [5.74, 6) is 0. The summed E-state index contributed by atoms with van der Waals surface area (Å²) in [5.41, 5.74) is -3.59. The number of rotatable bonds is 12. The highest BCUT2D eigenvalue weighted by Crippen LogP contribution is 2.34. The van der Waals surface area contributed by atoms with Gasteiger partial charge in [-0.25, -0.2) is 0 Å². The van der Waals surface area contributed by atoms with E-state index in [1.54, 1.807) is 91.0 Å². The molecule has 1 aliphatic heterocycles. The summed E-state index contributed by atoms with van der Waals surface area (Å²) in [6, 6.07) is 26.4. The Morgan fingerprint density at radius 2 is 1.15 bits per heavy atom. The van der Waals surface area contributed by atoms with Crippen LogP contribution in [0.1, 0.15) is 16.7 Å². The fraction of sp³-hybridized carbons (Fsp3) is 0.357. The van der Waals surface area contributed by atoms with Crippen LogP contribution in [-0.2, 0) is 53.1 Å². The van der Waals surface area contributed by atoms with Crippen molar-refractivity contribution < 1.29 is 49.8 Å². The molecule has 5 atom stereocenters. The van der Waals surface area contributed by atoms with Crippen LogP contribution in [0.3, 0.4) is 0 Å². The Labute approximate surface area is 230 Å². The zero-order valence-electron chi connectivity index (χ0n) is 21.2. The highest BCUT2D eigenvalue weighted by atomic mass is 32.2. The molecule has 1 N–H and O–H groups in total. The number of ether oxygens (including phenoxy) is 4. The largest absolute Gasteiger partial charge is 0.523 e. The summed E-state index contributed by atoms with van der Waals surface area (Å²) >= 11 is 0. The molecule has 0 unspecified atom stereocenters. The van der Waals surface area contributed by atoms with E-state index in [1.807, 2.05) is 0 Å². The van der Waals surface area contributed by atoms with Crippen molar-refractivity contribution in [2.75, 3.05) is 6.61 Å². The fourth-order valence-corrected chi connectivity index (χ4v) is 4.75. The summed E-state index contributed by atoms with van der Waals surface area (Å²) in [6.45, 7) is -0.544. The Bertz CT molecular complexity index is 1280. The van der Waals surface area contributed by atoms with Gasteiger partial charge in [-0.05, 0) is 16.7 Å². The molecule has 12 heteroatoms. The Morgan fingerprint density at radius 1 is 0.700 bits per heavy atom. The molecule has 1 heterocycles. The predicted molar refractivity (Wildman–Crippen MR) is 137 cm³/mol. The molecule has 0 aliphatic carbocycles. The second kappa shape index (κ2) is 13.7. The van der Waals surface area contributed by atoms with E-state index in [0.29, 0.717) is 11.1 Å². The number of aliphatic hydroxyl groups is 1. The smallest absolute Gasteiger partial charge is 0.374 e. The molecule has 4 rings (SSSR count). The van der Waals surface area contributed by atoms with Crippen LogP contribution in [0.25, 0.3) is 0 Å². The van der Waals surface area contributed by atoms with Crippen LogP contribution in [0.5, 0.6) is 0 Å². The molecule has 0 saturated carbocycles. The second-order valence-electron chi connectivity index (χ2n) is 9.05. The molecule has 1 aliphatic rings. The fourth-order valence-electron chi connectivity index (χ4n) is 4.11. The lowest BCUT2D eigenvalue weighted by Crippen LogP contribution is -2.62. The van der Waals surface area contributed by atoms with E-state index in [9.17, 15) is 26.7 Å². The second-order valence-corrected chi connectivity index (χ2v) is 10.6. The van der Waals surface area contributed by atoms with E-state index in [4.69, 9.17) is 23.1 Å². The van der Waals surface area contributed by atoms with Gasteiger partial charge in [0.1, 0.15) is 24.4 Å². The average molecular weight is 583 g/mol. The van der Waals surface area contributed by atoms with Crippen LogP contribution in [-0.4, -0.2) is 56.3 Å². The van der Waals surface area contributed by atoms with Crippen LogP contribution >= 0.6 is 0 Å². The van der Waals surface area contributed by atoms with Crippen molar-refractivity contribution in [1.29, 1.82) is 0 Å². The zero-order valence-corrected chi connectivity index (χ0v) is 22.0. The predicted octanol–water partition coefficient (Wildman–Crippen LogP) is 4.33. The van der Waals surface area contributed by atoms with Gasteiger partial charge >= 0.3 is 15.6 Å². The molecular weight excluding hydrogens is 553 g/mol. The van der Waals surface area contributed by atoms with Gasteiger partial charge < -0.3 is 24.1 Å². The van der Waals surface area contributed by atoms with E-state index in [-0.39, 0.29) is 19.8 Å². The summed E-state index contributed by atoms with van der Waals surface area (Å²) in [6.07, 6.45) is -7.90. The number of aliphatic hydroxyl groups excluding tert-OH is 1. The lowest BCUT2D eigenvalue weighted by atomic mass is 9.98. The molecule has 0 radical (unpaired) electrons. The molecule has 3 aromatic rings. The molecule has 0 bridgehead atoms. The van der Waals surface area contributed by atoms with Gasteiger partial charge in [0.25, 0.3) is 0 Å². The number of hydrogen-bond donors (Lipinski definition) is 1. The third kappa shape index (κ3) is 8.10. The van der Waals surface area contributed by atoms with E-state index < -0.39 is 52.9 Å². The topological polar surface area (TPSA) is 101 Å². The number of benzene rings is 3. The first kappa shape index (κ1) is 30.1. The molecule has 0 spiro atoms. The molecular formula is C28H29F3O8S. The summed E-state index contributed by atoms with van der Waals surface area (Å²) in [7, 11) is -6.08. The van der Waals surface area contributed by atoms with Gasteiger partial charge in [-0.3, -0.25) is 4.18 Å². The van der Waals surface area contributed by atoms with Gasteiger partial charge in [0.2, 0.25) is 0 Å². The van der Waals surface area contributed by atoms with E-state index in [0.717, 1.165) is 5.56 Å². The highest BCUT2D eigenvalue weighted by Gasteiger charge is 2.55. The Balaban J connectivity index is 1.61. The van der Waals surface area contributed by atoms with Gasteiger partial charge in [0.05, 0.1) is 26.4 Å². The number of hydrogen-bond acceptors (Lipinski definition) is 8. The lowest BCUT2D eigenvalue weighted by Gasteiger charge is -2.43. The SMILES string of the molecule is O=S(=O)(O[C@@H]1[C@H](OCc2ccccc2)[C@@H](OCc2ccccc2)[C@@H](O)O[C@@H]1COCc1ccccc1)C(F)(F)F. The van der Waals surface area contributed by atoms with Crippen molar-refractivity contribution >= 4 is 10.1 Å². The quantitative estimate of drug-likeness (QED) is 0.249. The summed E-state index contributed by atoms with van der Waals surface area (Å²) < 4.78 is 92.2. The van der Waals surface area contributed by atoms with Crippen molar-refractivity contribution in [2.45, 2.75) is 56.0 Å². The van der Waals surface area contributed by atoms with Gasteiger partial charge in [-0.2, -0.15) is 21.6 Å². The number of alkyl halides is 3. The molecule has 216 valence electrons. The molecule has 1 saturated heterocycles. The molecule has 8 nitrogen and oxygen atoms in total. The van der Waals surface area contributed by atoms with Crippen LogP contribution in [0, 0.1) is 0 Å². The molecule has 0 amide bonds. The zero-order chi connectivity index (χ0) is 28.6. The standard InChI is InChI=1S/C28H29F3O8S/c29-28(30,31)40(33,34)39-24-23(19-35-16-20-10-4-1-5-11-20)38-27(32)26(37-18-22-14-8-3-9-15-22)25(24)36-17-21-12-6-2-7-13-21/h1-15,23-27,32H,16-19H2/t23-,24+,25+,26-,27+/m1/s1. The maximum atomic E-state index is 13.4. The van der Waals surface area contributed by atoms with E-state index >= 15 is 0 Å². The average Bonchev–Trinajstić information content (AvgIpc) is 2.94. The van der Waals surface area contributed by atoms with Gasteiger partial charge in [0, 0.05) is 0 Å². The van der Waals surface area contributed by atoms with Gasteiger partial charge in [-0.1, -0.05) is 91.0 Å².